The number of pyridine rings is 1. The van der Waals surface area contributed by atoms with Crippen LogP contribution in [0.5, 0.6) is 5.75 Å². The van der Waals surface area contributed by atoms with Gasteiger partial charge in [0.15, 0.2) is 0 Å². The molecule has 8 aromatic rings. The number of aromatic nitrogens is 3. The number of hydrogen-bond donors (Lipinski definition) is 1. The molecule has 68 heavy (non-hydrogen) atoms. The Morgan fingerprint density at radius 2 is 0.971 bits per heavy atom. The first-order chi connectivity index (χ1) is 31.7. The molecule has 0 radical (unpaired) electrons. The van der Waals surface area contributed by atoms with E-state index in [2.05, 4.69) is 230 Å². The third kappa shape index (κ3) is 8.38. The predicted octanol–water partition coefficient (Wildman–Crippen LogP) is -3.06. The molecule has 0 unspecified atom stereocenters. The van der Waals surface area contributed by atoms with E-state index in [0.29, 0.717) is 5.82 Å². The molecule has 4 nitrogen and oxygen atoms in total. The zero-order valence-corrected chi connectivity index (χ0v) is 44.4. The zero-order chi connectivity index (χ0) is 49.7. The second-order valence-corrected chi connectivity index (χ2v) is 22.9. The van der Waals surface area contributed by atoms with Gasteiger partial charge in [-0.3, -0.25) is 9.55 Å². The average Bonchev–Trinajstić information content (AvgIpc) is 3.67. The summed E-state index contributed by atoms with van der Waals surface area (Å²) in [6.07, 6.45) is 1.97. The van der Waals surface area contributed by atoms with Crippen LogP contribution >= 0.6 is 0 Å². The minimum Gasteiger partial charge on any atom is -0.507 e. The second-order valence-electron chi connectivity index (χ2n) is 22.9. The normalized spacial score (nSPS) is 12.2. The molecule has 0 saturated heterocycles. The van der Waals surface area contributed by atoms with Crippen molar-refractivity contribution in [2.45, 2.75) is 78.6 Å². The molecule has 0 aliphatic rings. The number of hydrogen-bond acceptors (Lipinski definition) is 3. The standard InChI is InChI=1S/C54H63B10N3O/c1-52(2,3)28-20-26(19-27(21-28)34-22-25(17-18-65-34)37-39(55)43(59)47(63)44(60)40(37)56)30-14-12-16-36-49(30)66-51(32-23-29(53(4,5)6)24-33(50(32)68)54(7,8)9)67(36)35-15-11-10-13-31(35)38-41(57)45(61)48(64)46(62)42(38)58/h10-24,68H,55-64H2,1-9H3. The van der Waals surface area contributed by atoms with E-state index in [1.54, 1.807) is 0 Å². The number of benzene rings is 6. The second kappa shape index (κ2) is 17.4. The molecule has 330 valence electrons. The summed E-state index contributed by atoms with van der Waals surface area (Å²) in [4.78, 5) is 10.8. The number of para-hydroxylation sites is 2. The Morgan fingerprint density at radius 1 is 0.456 bits per heavy atom. The van der Waals surface area contributed by atoms with E-state index in [0.717, 1.165) is 61.4 Å². The molecule has 0 aliphatic heterocycles. The summed E-state index contributed by atoms with van der Waals surface area (Å²) >= 11 is 0. The number of aromatic hydroxyl groups is 1. The highest BCUT2D eigenvalue weighted by Gasteiger charge is 2.30. The van der Waals surface area contributed by atoms with Gasteiger partial charge in [0, 0.05) is 28.5 Å². The molecule has 2 heterocycles. The highest BCUT2D eigenvalue weighted by molar-refractivity contribution is 6.70. The average molecular weight is 878 g/mol. The lowest BCUT2D eigenvalue weighted by molar-refractivity contribution is 0.446. The smallest absolute Gasteiger partial charge is 0.149 e. The van der Waals surface area contributed by atoms with Crippen LogP contribution in [-0.4, -0.2) is 98.1 Å². The maximum Gasteiger partial charge on any atom is 0.149 e. The molecular weight excluding hydrogens is 815 g/mol. The summed E-state index contributed by atoms with van der Waals surface area (Å²) in [5, 5.41) is 12.6. The molecule has 0 amide bonds. The van der Waals surface area contributed by atoms with Crippen molar-refractivity contribution in [2.24, 2.45) is 0 Å². The molecule has 2 aromatic heterocycles. The van der Waals surface area contributed by atoms with Crippen molar-refractivity contribution in [3.05, 3.63) is 108 Å². The first kappa shape index (κ1) is 48.8. The van der Waals surface area contributed by atoms with Gasteiger partial charge in [0.25, 0.3) is 0 Å². The van der Waals surface area contributed by atoms with Crippen molar-refractivity contribution in [3.8, 4) is 67.5 Å². The van der Waals surface area contributed by atoms with Gasteiger partial charge in [-0.15, -0.1) is 32.8 Å². The van der Waals surface area contributed by atoms with Crippen LogP contribution in [0.3, 0.4) is 0 Å². The fourth-order valence-corrected chi connectivity index (χ4v) is 10.4. The van der Waals surface area contributed by atoms with Crippen molar-refractivity contribution < 1.29 is 5.11 Å². The van der Waals surface area contributed by atoms with Gasteiger partial charge in [-0.25, -0.2) is 4.98 Å². The Balaban J connectivity index is 1.47. The highest BCUT2D eigenvalue weighted by Crippen LogP contribution is 2.45. The van der Waals surface area contributed by atoms with Crippen LogP contribution in [0.15, 0.2) is 91.1 Å². The summed E-state index contributed by atoms with van der Waals surface area (Å²) < 4.78 is 2.32. The summed E-state index contributed by atoms with van der Waals surface area (Å²) in [6, 6.07) is 31.1. The summed E-state index contributed by atoms with van der Waals surface area (Å²) in [5.74, 6) is 0.976. The molecule has 1 N–H and O–H groups in total. The van der Waals surface area contributed by atoms with Crippen LogP contribution in [0.1, 0.15) is 79.0 Å². The van der Waals surface area contributed by atoms with Crippen molar-refractivity contribution in [1.82, 2.24) is 14.5 Å². The highest BCUT2D eigenvalue weighted by atomic mass is 16.3. The number of imidazole rings is 1. The molecule has 0 fully saturated rings. The molecule has 6 aromatic carbocycles. The van der Waals surface area contributed by atoms with Crippen LogP contribution in [0, 0.1) is 0 Å². The maximum absolute atomic E-state index is 12.6. The lowest BCUT2D eigenvalue weighted by Crippen LogP contribution is -2.55. The molecule has 0 saturated carbocycles. The van der Waals surface area contributed by atoms with Gasteiger partial charge in [0.05, 0.1) is 28.0 Å². The van der Waals surface area contributed by atoms with Crippen LogP contribution < -0.4 is 54.6 Å². The van der Waals surface area contributed by atoms with Gasteiger partial charge in [-0.05, 0) is 92.1 Å². The first-order valence-electron chi connectivity index (χ1n) is 24.5. The monoisotopic (exact) mass is 880 g/mol. The summed E-state index contributed by atoms with van der Waals surface area (Å²) in [7, 11) is 22.5. The molecule has 14 heteroatoms. The summed E-state index contributed by atoms with van der Waals surface area (Å²) in [5.41, 5.74) is 28.3. The largest absolute Gasteiger partial charge is 0.507 e. The van der Waals surface area contributed by atoms with Crippen LogP contribution in [0.4, 0.5) is 0 Å². The third-order valence-corrected chi connectivity index (χ3v) is 15.6. The maximum atomic E-state index is 12.6. The molecule has 8 rings (SSSR count). The van der Waals surface area contributed by atoms with E-state index in [1.807, 2.05) is 6.20 Å². The van der Waals surface area contributed by atoms with Gasteiger partial charge < -0.3 is 5.11 Å². The van der Waals surface area contributed by atoms with E-state index in [9.17, 15) is 5.11 Å². The third-order valence-electron chi connectivity index (χ3n) is 15.6. The lowest BCUT2D eigenvalue weighted by atomic mass is 9.59. The fraction of sp³-hybridized carbons (Fsp3) is 0.222. The molecule has 0 aliphatic carbocycles. The number of fused-ring (bicyclic) bond motifs is 1. The number of phenolic OH excluding ortho intramolecular Hbond substituents is 1. The Labute approximate surface area is 415 Å². The van der Waals surface area contributed by atoms with Gasteiger partial charge in [-0.2, -0.15) is 0 Å². The van der Waals surface area contributed by atoms with Gasteiger partial charge in [0.1, 0.15) is 90.0 Å². The minimum atomic E-state index is -0.325. The fourth-order valence-electron chi connectivity index (χ4n) is 10.4. The van der Waals surface area contributed by atoms with Crippen LogP contribution in [-0.2, 0) is 16.2 Å². The Kier molecular flexibility index (Phi) is 12.5. The lowest BCUT2D eigenvalue weighted by Gasteiger charge is -2.28. The topological polar surface area (TPSA) is 50.9 Å². The van der Waals surface area contributed by atoms with E-state index in [1.165, 1.54) is 76.9 Å². The molecule has 0 spiro atoms. The Hall–Kier alpha value is -5.61. The van der Waals surface area contributed by atoms with Crippen molar-refractivity contribution in [2.75, 3.05) is 0 Å². The summed E-state index contributed by atoms with van der Waals surface area (Å²) in [6.45, 7) is 20.1. The molecule has 0 atom stereocenters. The van der Waals surface area contributed by atoms with Crippen LogP contribution in [0.2, 0.25) is 0 Å². The minimum absolute atomic E-state index is 0.152. The predicted molar refractivity (Wildman–Crippen MR) is 326 cm³/mol. The molecule has 0 bridgehead atoms. The Morgan fingerprint density at radius 3 is 1.54 bits per heavy atom. The van der Waals surface area contributed by atoms with Gasteiger partial charge in [0.2, 0.25) is 0 Å². The zero-order valence-electron chi connectivity index (χ0n) is 44.4. The number of nitrogens with zero attached hydrogens (tertiary/aromatic N) is 3. The Bertz CT molecular complexity index is 3320. The van der Waals surface area contributed by atoms with Crippen molar-refractivity contribution in [1.29, 1.82) is 0 Å². The number of rotatable bonds is 6. The van der Waals surface area contributed by atoms with E-state index in [4.69, 9.17) is 9.97 Å². The quantitative estimate of drug-likeness (QED) is 0.181. The van der Waals surface area contributed by atoms with Crippen molar-refractivity contribution in [3.63, 3.8) is 0 Å². The SMILES string of the molecule is Bc1c(B)c(B)c(-c2ccnc(-c3cc(-c4cccc5c4nc(-c4cc(C(C)(C)C)cc(C(C)(C)C)c4O)n5-c4ccccc4-c4c(B)c(B)c(B)c(B)c4B)cc(C(C)(C)C)c3)c2)c(B)c1B. The molecular formula is C54H63B10N3O. The van der Waals surface area contributed by atoms with E-state index in [-0.39, 0.29) is 22.0 Å². The first-order valence-corrected chi connectivity index (χ1v) is 24.5. The van der Waals surface area contributed by atoms with Crippen molar-refractivity contribution >= 4 is 144 Å². The van der Waals surface area contributed by atoms with E-state index >= 15 is 0 Å². The van der Waals surface area contributed by atoms with Gasteiger partial charge >= 0.3 is 0 Å². The van der Waals surface area contributed by atoms with E-state index < -0.39 is 0 Å². The van der Waals surface area contributed by atoms with Gasteiger partial charge in [-0.1, -0.05) is 127 Å². The number of phenols is 1. The van der Waals surface area contributed by atoms with Crippen LogP contribution in [0.25, 0.3) is 72.7 Å².